The number of carbonyl (C=O) groups excluding carboxylic acids is 1. The van der Waals surface area contributed by atoms with Crippen LogP contribution in [0.1, 0.15) is 15.2 Å². The summed E-state index contributed by atoms with van der Waals surface area (Å²) in [5.41, 5.74) is 2.17. The highest BCUT2D eigenvalue weighted by Crippen LogP contribution is 2.28. The zero-order valence-corrected chi connectivity index (χ0v) is 13.4. The first-order valence-corrected chi connectivity index (χ1v) is 7.66. The van der Waals surface area contributed by atoms with Crippen molar-refractivity contribution in [3.63, 3.8) is 0 Å². The molecule has 0 aliphatic rings. The van der Waals surface area contributed by atoms with Crippen LogP contribution < -0.4 is 5.32 Å². The first-order chi connectivity index (χ1) is 11.2. The third-order valence-electron chi connectivity index (χ3n) is 2.95. The SMILES string of the molecule is C=C/C=C(\C=N/C)NC(=O)c1ccc(-c2ccc(C#N)cc2)s1. The van der Waals surface area contributed by atoms with Gasteiger partial charge in [-0.2, -0.15) is 5.26 Å². The van der Waals surface area contributed by atoms with Crippen molar-refractivity contribution in [1.82, 2.24) is 5.32 Å². The second-order valence-corrected chi connectivity index (χ2v) is 5.64. The average Bonchev–Trinajstić information content (AvgIpc) is 3.05. The van der Waals surface area contributed by atoms with Crippen LogP contribution in [0.3, 0.4) is 0 Å². The summed E-state index contributed by atoms with van der Waals surface area (Å²) in [7, 11) is 1.64. The Balaban J connectivity index is 2.17. The Kier molecular flexibility index (Phi) is 5.61. The number of allylic oxidation sites excluding steroid dienone is 3. The molecule has 2 aromatic rings. The largest absolute Gasteiger partial charge is 0.320 e. The van der Waals surface area contributed by atoms with Crippen LogP contribution in [-0.4, -0.2) is 19.2 Å². The van der Waals surface area contributed by atoms with E-state index < -0.39 is 0 Å². The lowest BCUT2D eigenvalue weighted by Gasteiger charge is -2.03. The lowest BCUT2D eigenvalue weighted by Crippen LogP contribution is -2.22. The van der Waals surface area contributed by atoms with E-state index >= 15 is 0 Å². The summed E-state index contributed by atoms with van der Waals surface area (Å²) in [6, 6.07) is 13.0. The van der Waals surface area contributed by atoms with Crippen molar-refractivity contribution >= 4 is 23.5 Å². The fourth-order valence-electron chi connectivity index (χ4n) is 1.90. The van der Waals surface area contributed by atoms with E-state index in [-0.39, 0.29) is 5.91 Å². The normalized spacial score (nSPS) is 11.2. The summed E-state index contributed by atoms with van der Waals surface area (Å²) in [6.45, 7) is 3.61. The minimum atomic E-state index is -0.192. The molecule has 0 unspecified atom stereocenters. The number of hydrogen-bond acceptors (Lipinski definition) is 4. The highest BCUT2D eigenvalue weighted by Gasteiger charge is 2.11. The van der Waals surface area contributed by atoms with Gasteiger partial charge in [0.15, 0.2) is 0 Å². The van der Waals surface area contributed by atoms with Crippen LogP contribution in [0.2, 0.25) is 0 Å². The van der Waals surface area contributed by atoms with Gasteiger partial charge in [-0.15, -0.1) is 11.3 Å². The number of hydrogen-bond donors (Lipinski definition) is 1. The van der Waals surface area contributed by atoms with Gasteiger partial charge in [0.2, 0.25) is 0 Å². The molecule has 0 fully saturated rings. The van der Waals surface area contributed by atoms with Crippen LogP contribution in [0.4, 0.5) is 0 Å². The van der Waals surface area contributed by atoms with E-state index in [4.69, 9.17) is 5.26 Å². The Morgan fingerprint density at radius 3 is 2.65 bits per heavy atom. The molecule has 0 saturated heterocycles. The molecule has 1 heterocycles. The number of carbonyl (C=O) groups is 1. The Morgan fingerprint density at radius 2 is 2.04 bits per heavy atom. The Labute approximate surface area is 139 Å². The first kappa shape index (κ1) is 16.4. The van der Waals surface area contributed by atoms with Gasteiger partial charge in [0.05, 0.1) is 22.2 Å². The average molecular weight is 321 g/mol. The minimum Gasteiger partial charge on any atom is -0.320 e. The van der Waals surface area contributed by atoms with Crippen molar-refractivity contribution in [1.29, 1.82) is 5.26 Å². The van der Waals surface area contributed by atoms with Crippen LogP contribution in [-0.2, 0) is 0 Å². The highest BCUT2D eigenvalue weighted by atomic mass is 32.1. The van der Waals surface area contributed by atoms with Gasteiger partial charge in [-0.25, -0.2) is 0 Å². The van der Waals surface area contributed by atoms with Gasteiger partial charge in [-0.1, -0.05) is 24.8 Å². The van der Waals surface area contributed by atoms with E-state index in [1.54, 1.807) is 43.6 Å². The Bertz CT molecular complexity index is 808. The molecule has 0 spiro atoms. The third kappa shape index (κ3) is 4.25. The van der Waals surface area contributed by atoms with E-state index in [1.807, 2.05) is 18.2 Å². The highest BCUT2D eigenvalue weighted by molar-refractivity contribution is 7.17. The summed E-state index contributed by atoms with van der Waals surface area (Å²) in [4.78, 5) is 17.7. The fraction of sp³-hybridized carbons (Fsp3) is 0.0556. The third-order valence-corrected chi connectivity index (χ3v) is 4.08. The number of thiophene rings is 1. The van der Waals surface area contributed by atoms with Gasteiger partial charge in [-0.05, 0) is 35.9 Å². The van der Waals surface area contributed by atoms with Crippen LogP contribution in [0, 0.1) is 11.3 Å². The molecule has 1 aromatic carbocycles. The van der Waals surface area contributed by atoms with Crippen LogP contribution in [0.5, 0.6) is 0 Å². The number of rotatable bonds is 5. The Morgan fingerprint density at radius 1 is 1.30 bits per heavy atom. The summed E-state index contributed by atoms with van der Waals surface area (Å²) >= 11 is 1.39. The summed E-state index contributed by atoms with van der Waals surface area (Å²) in [5.74, 6) is -0.192. The van der Waals surface area contributed by atoms with Crippen LogP contribution >= 0.6 is 11.3 Å². The molecule has 4 nitrogen and oxygen atoms in total. The molecule has 0 atom stereocenters. The van der Waals surface area contributed by atoms with Crippen molar-refractivity contribution in [2.24, 2.45) is 4.99 Å². The van der Waals surface area contributed by atoms with Gasteiger partial charge >= 0.3 is 0 Å². The van der Waals surface area contributed by atoms with Gasteiger partial charge in [0, 0.05) is 18.1 Å². The Hall–Kier alpha value is -2.97. The van der Waals surface area contributed by atoms with E-state index in [0.717, 1.165) is 10.4 Å². The van der Waals surface area contributed by atoms with Crippen LogP contribution in [0.25, 0.3) is 10.4 Å². The van der Waals surface area contributed by atoms with Crippen LogP contribution in [0.15, 0.2) is 65.8 Å². The molecule has 114 valence electrons. The second kappa shape index (κ2) is 7.87. The molecule has 0 aliphatic carbocycles. The van der Waals surface area contributed by atoms with E-state index in [1.165, 1.54) is 11.3 Å². The molecule has 0 bridgehead atoms. The van der Waals surface area contributed by atoms with Crippen molar-refractivity contribution < 1.29 is 4.79 Å². The minimum absolute atomic E-state index is 0.192. The monoisotopic (exact) mass is 321 g/mol. The van der Waals surface area contributed by atoms with E-state index in [0.29, 0.717) is 16.1 Å². The number of benzene rings is 1. The maximum absolute atomic E-state index is 12.3. The lowest BCUT2D eigenvalue weighted by atomic mass is 10.1. The van der Waals surface area contributed by atoms with Crippen molar-refractivity contribution in [2.75, 3.05) is 7.05 Å². The molecule has 1 amide bonds. The number of amides is 1. The molecule has 2 rings (SSSR count). The van der Waals surface area contributed by atoms with Crippen molar-refractivity contribution in [2.45, 2.75) is 0 Å². The predicted molar refractivity (Wildman–Crippen MR) is 94.6 cm³/mol. The molecular formula is C18H15N3OS. The van der Waals surface area contributed by atoms with E-state index in [9.17, 15) is 4.79 Å². The molecule has 0 aliphatic heterocycles. The molecular weight excluding hydrogens is 306 g/mol. The molecule has 23 heavy (non-hydrogen) atoms. The van der Waals surface area contributed by atoms with E-state index in [2.05, 4.69) is 23.0 Å². The van der Waals surface area contributed by atoms with Gasteiger partial charge in [-0.3, -0.25) is 9.79 Å². The molecule has 1 N–H and O–H groups in total. The van der Waals surface area contributed by atoms with Gasteiger partial charge < -0.3 is 5.32 Å². The number of nitrogens with one attached hydrogen (secondary N) is 1. The number of nitrogens with zero attached hydrogens (tertiary/aromatic N) is 2. The molecule has 1 aromatic heterocycles. The molecule has 0 radical (unpaired) electrons. The zero-order chi connectivity index (χ0) is 16.7. The van der Waals surface area contributed by atoms with Gasteiger partial charge in [0.1, 0.15) is 0 Å². The first-order valence-electron chi connectivity index (χ1n) is 6.84. The quantitative estimate of drug-likeness (QED) is 0.672. The summed E-state index contributed by atoms with van der Waals surface area (Å²) < 4.78 is 0. The number of nitriles is 1. The lowest BCUT2D eigenvalue weighted by molar-refractivity contribution is 0.0972. The zero-order valence-electron chi connectivity index (χ0n) is 12.6. The van der Waals surface area contributed by atoms with Crippen molar-refractivity contribution in [3.05, 3.63) is 71.3 Å². The van der Waals surface area contributed by atoms with Crippen molar-refractivity contribution in [3.8, 4) is 16.5 Å². The number of aliphatic imine (C=N–C) groups is 1. The summed E-state index contributed by atoms with van der Waals surface area (Å²) in [6.07, 6.45) is 4.84. The second-order valence-electron chi connectivity index (χ2n) is 4.55. The molecule has 5 heteroatoms. The predicted octanol–water partition coefficient (Wildman–Crippen LogP) is 3.79. The van der Waals surface area contributed by atoms with Gasteiger partial charge in [0.25, 0.3) is 5.91 Å². The fourth-order valence-corrected chi connectivity index (χ4v) is 2.81. The maximum Gasteiger partial charge on any atom is 0.265 e. The topological polar surface area (TPSA) is 65.2 Å². The molecule has 0 saturated carbocycles. The summed E-state index contributed by atoms with van der Waals surface area (Å²) in [5, 5.41) is 11.6. The maximum atomic E-state index is 12.3. The standard InChI is InChI=1S/C18H15N3OS/c1-3-4-15(12-20-2)21-18(22)17-10-9-16(23-17)14-7-5-13(11-19)6-8-14/h3-10,12H,1H2,2H3,(H,21,22)/b15-4+,20-12-. The smallest absolute Gasteiger partial charge is 0.265 e.